The van der Waals surface area contributed by atoms with Crippen LogP contribution in [0.15, 0.2) is 60.8 Å². The largest absolute Gasteiger partial charge is 0.382 e. The highest BCUT2D eigenvalue weighted by Gasteiger charge is 2.15. The number of carbonyl (C=O) groups is 1. The van der Waals surface area contributed by atoms with Gasteiger partial charge in [-0.2, -0.15) is 5.26 Å². The van der Waals surface area contributed by atoms with E-state index in [0.29, 0.717) is 16.9 Å². The minimum atomic E-state index is -0.479. The van der Waals surface area contributed by atoms with Gasteiger partial charge in [-0.05, 0) is 18.2 Å². The fourth-order valence-corrected chi connectivity index (χ4v) is 2.17. The number of hydrogen-bond acceptors (Lipinski definition) is 5. The summed E-state index contributed by atoms with van der Waals surface area (Å²) >= 11 is 0. The molecular formula is C18H13N5O. The number of anilines is 2. The lowest BCUT2D eigenvalue weighted by atomic mass is 10.1. The molecular weight excluding hydrogens is 302 g/mol. The van der Waals surface area contributed by atoms with E-state index in [4.69, 9.17) is 11.0 Å². The minimum Gasteiger partial charge on any atom is -0.382 e. The van der Waals surface area contributed by atoms with Crippen molar-refractivity contribution in [1.29, 1.82) is 5.26 Å². The maximum atomic E-state index is 12.4. The van der Waals surface area contributed by atoms with Crippen molar-refractivity contribution < 1.29 is 4.79 Å². The summed E-state index contributed by atoms with van der Waals surface area (Å²) in [6.07, 6.45) is 1.53. The number of rotatable bonds is 3. The molecule has 116 valence electrons. The van der Waals surface area contributed by atoms with Crippen molar-refractivity contribution in [3.05, 3.63) is 72.1 Å². The van der Waals surface area contributed by atoms with Crippen molar-refractivity contribution in [3.63, 3.8) is 0 Å². The lowest BCUT2D eigenvalue weighted by Gasteiger charge is -2.08. The first-order valence-corrected chi connectivity index (χ1v) is 7.17. The molecule has 0 aliphatic carbocycles. The van der Waals surface area contributed by atoms with Crippen molar-refractivity contribution in [1.82, 2.24) is 9.97 Å². The van der Waals surface area contributed by atoms with Gasteiger partial charge in [0.25, 0.3) is 5.91 Å². The second-order valence-corrected chi connectivity index (χ2v) is 5.00. The van der Waals surface area contributed by atoms with E-state index < -0.39 is 5.91 Å². The van der Waals surface area contributed by atoms with Crippen molar-refractivity contribution >= 4 is 17.4 Å². The Balaban J connectivity index is 1.91. The Morgan fingerprint density at radius 3 is 2.67 bits per heavy atom. The molecule has 1 heterocycles. The van der Waals surface area contributed by atoms with Gasteiger partial charge in [0.2, 0.25) is 0 Å². The van der Waals surface area contributed by atoms with E-state index in [9.17, 15) is 4.79 Å². The van der Waals surface area contributed by atoms with E-state index >= 15 is 0 Å². The molecule has 3 N–H and O–H groups in total. The molecule has 0 saturated heterocycles. The number of hydrogen-bond donors (Lipinski definition) is 2. The summed E-state index contributed by atoms with van der Waals surface area (Å²) in [4.78, 5) is 20.8. The number of benzene rings is 2. The zero-order valence-corrected chi connectivity index (χ0v) is 12.6. The smallest absolute Gasteiger partial charge is 0.278 e. The summed E-state index contributed by atoms with van der Waals surface area (Å²) in [5, 5.41) is 11.6. The standard InChI is InChI=1S/C18H13N5O/c19-10-12-5-4-8-14(9-12)22-18(24)16-17(20)21-11-15(23-16)13-6-2-1-3-7-13/h1-9,11H,(H2,20,21)(H,22,24). The van der Waals surface area contributed by atoms with Crippen LogP contribution in [-0.2, 0) is 0 Å². The summed E-state index contributed by atoms with van der Waals surface area (Å²) in [6.45, 7) is 0. The van der Waals surface area contributed by atoms with Crippen LogP contribution in [0.25, 0.3) is 11.3 Å². The van der Waals surface area contributed by atoms with Gasteiger partial charge >= 0.3 is 0 Å². The number of carbonyl (C=O) groups excluding carboxylic acids is 1. The van der Waals surface area contributed by atoms with Gasteiger partial charge in [-0.25, -0.2) is 9.97 Å². The maximum Gasteiger partial charge on any atom is 0.278 e. The first-order valence-electron chi connectivity index (χ1n) is 7.17. The molecule has 2 aromatic carbocycles. The number of nitriles is 1. The minimum absolute atomic E-state index is 0.0405. The van der Waals surface area contributed by atoms with Gasteiger partial charge in [0.05, 0.1) is 23.5 Å². The van der Waals surface area contributed by atoms with Crippen LogP contribution in [0.4, 0.5) is 11.5 Å². The van der Waals surface area contributed by atoms with E-state index in [2.05, 4.69) is 15.3 Å². The number of amides is 1. The van der Waals surface area contributed by atoms with Crippen LogP contribution >= 0.6 is 0 Å². The quantitative estimate of drug-likeness (QED) is 0.773. The summed E-state index contributed by atoms with van der Waals surface area (Å²) < 4.78 is 0. The van der Waals surface area contributed by atoms with Crippen LogP contribution in [0.5, 0.6) is 0 Å². The van der Waals surface area contributed by atoms with Gasteiger partial charge in [0.1, 0.15) is 0 Å². The third-order valence-electron chi connectivity index (χ3n) is 3.33. The molecule has 3 rings (SSSR count). The topological polar surface area (TPSA) is 105 Å². The van der Waals surface area contributed by atoms with Crippen molar-refractivity contribution in [3.8, 4) is 17.3 Å². The zero-order chi connectivity index (χ0) is 16.9. The Labute approximate surface area is 138 Å². The molecule has 0 bridgehead atoms. The molecule has 24 heavy (non-hydrogen) atoms. The fraction of sp³-hybridized carbons (Fsp3) is 0. The predicted octanol–water partition coefficient (Wildman–Crippen LogP) is 2.85. The van der Waals surface area contributed by atoms with Crippen molar-refractivity contribution in [2.75, 3.05) is 11.1 Å². The van der Waals surface area contributed by atoms with Gasteiger partial charge in [-0.15, -0.1) is 0 Å². The highest BCUT2D eigenvalue weighted by Crippen LogP contribution is 2.19. The normalized spacial score (nSPS) is 9.96. The third-order valence-corrected chi connectivity index (χ3v) is 3.33. The van der Waals surface area contributed by atoms with Crippen LogP contribution in [0, 0.1) is 11.3 Å². The molecule has 0 atom stereocenters. The molecule has 0 unspecified atom stereocenters. The highest BCUT2D eigenvalue weighted by atomic mass is 16.1. The average Bonchev–Trinajstić information content (AvgIpc) is 2.63. The Kier molecular flexibility index (Phi) is 4.17. The Hall–Kier alpha value is -3.72. The number of nitrogens with zero attached hydrogens (tertiary/aromatic N) is 3. The molecule has 0 aliphatic heterocycles. The predicted molar refractivity (Wildman–Crippen MR) is 91.0 cm³/mol. The summed E-state index contributed by atoms with van der Waals surface area (Å²) in [5.41, 5.74) is 8.17. The van der Waals surface area contributed by atoms with E-state index in [-0.39, 0.29) is 11.5 Å². The first kappa shape index (κ1) is 15.2. The summed E-state index contributed by atoms with van der Waals surface area (Å²) in [5.74, 6) is -0.434. The third kappa shape index (κ3) is 3.20. The molecule has 0 saturated carbocycles. The number of nitrogens with two attached hydrogens (primary N) is 1. The highest BCUT2D eigenvalue weighted by molar-refractivity contribution is 6.06. The molecule has 6 heteroatoms. The van der Waals surface area contributed by atoms with Gasteiger partial charge in [-0.3, -0.25) is 4.79 Å². The van der Waals surface area contributed by atoms with Gasteiger partial charge in [0, 0.05) is 11.3 Å². The molecule has 0 fully saturated rings. The molecule has 6 nitrogen and oxygen atoms in total. The van der Waals surface area contributed by atoms with Gasteiger partial charge in [-0.1, -0.05) is 36.4 Å². The number of aromatic nitrogens is 2. The molecule has 0 aliphatic rings. The molecule has 0 radical (unpaired) electrons. The number of nitrogens with one attached hydrogen (secondary N) is 1. The second-order valence-electron chi connectivity index (χ2n) is 5.00. The van der Waals surface area contributed by atoms with Gasteiger partial charge in [0.15, 0.2) is 11.5 Å². The Bertz CT molecular complexity index is 932. The van der Waals surface area contributed by atoms with E-state index in [1.165, 1.54) is 6.20 Å². The number of nitrogen functional groups attached to an aromatic ring is 1. The van der Waals surface area contributed by atoms with Crippen LogP contribution < -0.4 is 11.1 Å². The second kappa shape index (κ2) is 6.58. The SMILES string of the molecule is N#Cc1cccc(NC(=O)c2nc(-c3ccccc3)cnc2N)c1. The van der Waals surface area contributed by atoms with E-state index in [0.717, 1.165) is 5.56 Å². The molecule has 1 aromatic heterocycles. The van der Waals surface area contributed by atoms with Gasteiger partial charge < -0.3 is 11.1 Å². The van der Waals surface area contributed by atoms with E-state index in [1.54, 1.807) is 24.3 Å². The van der Waals surface area contributed by atoms with Crippen LogP contribution in [0.2, 0.25) is 0 Å². The Morgan fingerprint density at radius 2 is 1.92 bits per heavy atom. The van der Waals surface area contributed by atoms with Crippen molar-refractivity contribution in [2.24, 2.45) is 0 Å². The molecule has 3 aromatic rings. The van der Waals surface area contributed by atoms with E-state index in [1.807, 2.05) is 36.4 Å². The lowest BCUT2D eigenvalue weighted by molar-refractivity contribution is 0.102. The molecule has 1 amide bonds. The fourth-order valence-electron chi connectivity index (χ4n) is 2.17. The average molecular weight is 315 g/mol. The monoisotopic (exact) mass is 315 g/mol. The van der Waals surface area contributed by atoms with Crippen LogP contribution in [0.1, 0.15) is 16.1 Å². The molecule has 0 spiro atoms. The summed E-state index contributed by atoms with van der Waals surface area (Å²) in [6, 6.07) is 18.0. The maximum absolute atomic E-state index is 12.4. The lowest BCUT2D eigenvalue weighted by Crippen LogP contribution is -2.17. The van der Waals surface area contributed by atoms with Crippen LogP contribution in [0.3, 0.4) is 0 Å². The summed E-state index contributed by atoms with van der Waals surface area (Å²) in [7, 11) is 0. The Morgan fingerprint density at radius 1 is 1.12 bits per heavy atom. The first-order chi connectivity index (χ1) is 11.7. The van der Waals surface area contributed by atoms with Crippen molar-refractivity contribution in [2.45, 2.75) is 0 Å². The zero-order valence-electron chi connectivity index (χ0n) is 12.6. The van der Waals surface area contributed by atoms with Crippen LogP contribution in [-0.4, -0.2) is 15.9 Å².